The molecule has 3 aromatic rings. The van der Waals surface area contributed by atoms with Crippen LogP contribution in [0.4, 0.5) is 0 Å². The Balaban J connectivity index is 1.93. The largest absolute Gasteiger partial charge is 0.490 e. The third-order valence-electron chi connectivity index (χ3n) is 5.75. The van der Waals surface area contributed by atoms with Crippen LogP contribution in [0.3, 0.4) is 0 Å². The average molecular weight is 586 g/mol. The number of ether oxygens (including phenoxy) is 3. The van der Waals surface area contributed by atoms with Gasteiger partial charge in [-0.1, -0.05) is 48.6 Å². The first-order valence-corrected chi connectivity index (χ1v) is 13.7. The zero-order valence-electron chi connectivity index (χ0n) is 21.4. The number of nitrogens with zero attached hydrogens (tertiary/aromatic N) is 2. The summed E-state index contributed by atoms with van der Waals surface area (Å²) >= 11 is 4.88. The predicted molar refractivity (Wildman–Crippen MR) is 148 cm³/mol. The van der Waals surface area contributed by atoms with Crippen molar-refractivity contribution >= 4 is 39.3 Å². The van der Waals surface area contributed by atoms with Crippen molar-refractivity contribution in [3.05, 3.63) is 89.0 Å². The van der Waals surface area contributed by atoms with E-state index in [0.717, 1.165) is 15.6 Å². The van der Waals surface area contributed by atoms with Crippen LogP contribution in [-0.2, 0) is 9.53 Å². The van der Waals surface area contributed by atoms with Crippen molar-refractivity contribution in [3.8, 4) is 11.5 Å². The number of halogens is 1. The quantitative estimate of drug-likeness (QED) is 0.357. The third kappa shape index (κ3) is 5.43. The molecule has 1 aromatic heterocycles. The minimum Gasteiger partial charge on any atom is -0.490 e. The Hall–Kier alpha value is -3.17. The summed E-state index contributed by atoms with van der Waals surface area (Å²) < 4.78 is 19.7. The second kappa shape index (κ2) is 11.5. The maximum absolute atomic E-state index is 13.8. The molecule has 7 nitrogen and oxygen atoms in total. The van der Waals surface area contributed by atoms with E-state index >= 15 is 0 Å². The van der Waals surface area contributed by atoms with Crippen molar-refractivity contribution in [3.63, 3.8) is 0 Å². The molecule has 0 bridgehead atoms. The maximum atomic E-state index is 13.8. The van der Waals surface area contributed by atoms with Crippen LogP contribution in [0.15, 0.2) is 68.0 Å². The Morgan fingerprint density at radius 3 is 2.57 bits per heavy atom. The lowest BCUT2D eigenvalue weighted by Gasteiger charge is -2.25. The van der Waals surface area contributed by atoms with Crippen LogP contribution in [-0.4, -0.2) is 30.4 Å². The van der Waals surface area contributed by atoms with E-state index in [-0.39, 0.29) is 11.7 Å². The number of benzene rings is 2. The molecule has 2 heterocycles. The van der Waals surface area contributed by atoms with Gasteiger partial charge in [0.15, 0.2) is 16.3 Å². The molecule has 37 heavy (non-hydrogen) atoms. The van der Waals surface area contributed by atoms with Crippen molar-refractivity contribution in [2.45, 2.75) is 46.3 Å². The van der Waals surface area contributed by atoms with Crippen LogP contribution in [0.1, 0.15) is 51.3 Å². The minimum atomic E-state index is -0.630. The Bertz CT molecular complexity index is 1520. The minimum absolute atomic E-state index is 0.0280. The molecule has 0 saturated heterocycles. The number of aromatic nitrogens is 1. The Morgan fingerprint density at radius 1 is 1.22 bits per heavy atom. The monoisotopic (exact) mass is 584 g/mol. The lowest BCUT2D eigenvalue weighted by Crippen LogP contribution is -2.40. The summed E-state index contributed by atoms with van der Waals surface area (Å²) in [7, 11) is 1.34. The van der Waals surface area contributed by atoms with E-state index in [4.69, 9.17) is 19.2 Å². The number of hydrogen-bond acceptors (Lipinski definition) is 7. The van der Waals surface area contributed by atoms with Crippen molar-refractivity contribution in [2.24, 2.45) is 4.99 Å². The summed E-state index contributed by atoms with van der Waals surface area (Å²) in [4.78, 5) is 31.9. The van der Waals surface area contributed by atoms with Crippen molar-refractivity contribution in [1.29, 1.82) is 0 Å². The molecule has 0 N–H and O–H groups in total. The number of methoxy groups -OCH3 is 1. The number of thiazole rings is 1. The van der Waals surface area contributed by atoms with E-state index in [0.29, 0.717) is 45.1 Å². The van der Waals surface area contributed by atoms with Crippen LogP contribution in [0.2, 0.25) is 0 Å². The molecule has 0 saturated carbocycles. The van der Waals surface area contributed by atoms with E-state index in [1.165, 1.54) is 18.4 Å². The van der Waals surface area contributed by atoms with Gasteiger partial charge in [0.25, 0.3) is 5.56 Å². The van der Waals surface area contributed by atoms with Gasteiger partial charge >= 0.3 is 5.97 Å². The van der Waals surface area contributed by atoms with Gasteiger partial charge in [-0.15, -0.1) is 0 Å². The highest BCUT2D eigenvalue weighted by atomic mass is 79.9. The molecular weight excluding hydrogens is 556 g/mol. The number of rotatable bonds is 8. The SMILES string of the molecule is CCOc1cc(/C=c2/sc3n(c2=O)[C@H](c2ccccc2)C(C(=O)OC)=C(CC)N=3)cc(Br)c1OC(C)C. The molecule has 1 atom stereocenters. The predicted octanol–water partition coefficient (Wildman–Crippen LogP) is 4.75. The molecule has 0 spiro atoms. The summed E-state index contributed by atoms with van der Waals surface area (Å²) in [6, 6.07) is 12.6. The first kappa shape index (κ1) is 26.9. The van der Waals surface area contributed by atoms with Gasteiger partial charge in [0, 0.05) is 0 Å². The zero-order chi connectivity index (χ0) is 26.7. The molecular formula is C28H29BrN2O5S. The van der Waals surface area contributed by atoms with Gasteiger partial charge in [-0.2, -0.15) is 0 Å². The lowest BCUT2D eigenvalue weighted by molar-refractivity contribution is -0.136. The molecule has 0 aliphatic carbocycles. The summed E-state index contributed by atoms with van der Waals surface area (Å²) in [6.07, 6.45) is 2.31. The van der Waals surface area contributed by atoms with Crippen LogP contribution in [0.5, 0.6) is 11.5 Å². The van der Waals surface area contributed by atoms with Gasteiger partial charge in [-0.25, -0.2) is 9.79 Å². The van der Waals surface area contributed by atoms with E-state index in [1.54, 1.807) is 4.57 Å². The van der Waals surface area contributed by atoms with Crippen molar-refractivity contribution in [2.75, 3.05) is 13.7 Å². The van der Waals surface area contributed by atoms with E-state index in [9.17, 15) is 9.59 Å². The van der Waals surface area contributed by atoms with E-state index < -0.39 is 12.0 Å². The van der Waals surface area contributed by atoms with Crippen LogP contribution in [0, 0.1) is 0 Å². The Morgan fingerprint density at radius 2 is 1.95 bits per heavy atom. The van der Waals surface area contributed by atoms with Gasteiger partial charge in [-0.3, -0.25) is 9.36 Å². The fourth-order valence-electron chi connectivity index (χ4n) is 4.25. The summed E-state index contributed by atoms with van der Waals surface area (Å²) in [5.41, 5.74) is 2.35. The summed E-state index contributed by atoms with van der Waals surface area (Å²) in [5, 5.41) is 0. The highest BCUT2D eigenvalue weighted by molar-refractivity contribution is 9.10. The standard InChI is InChI=1S/C28H29BrN2O5S/c1-6-20-23(27(33)34-5)24(18-11-9-8-10-12-18)31-26(32)22(37-28(31)30-20)15-17-13-19(29)25(36-16(3)4)21(14-17)35-7-2/h8-16,24H,6-7H2,1-5H3/b22-15+/t24-/m1/s1. The second-order valence-corrected chi connectivity index (χ2v) is 10.5. The first-order chi connectivity index (χ1) is 17.8. The van der Waals surface area contributed by atoms with Gasteiger partial charge in [-0.05, 0) is 72.5 Å². The van der Waals surface area contributed by atoms with Gasteiger partial charge in [0.05, 0.1) is 46.1 Å². The molecule has 194 valence electrons. The molecule has 0 unspecified atom stereocenters. The van der Waals surface area contributed by atoms with Gasteiger partial charge in [0.1, 0.15) is 0 Å². The fourth-order valence-corrected chi connectivity index (χ4v) is 5.82. The van der Waals surface area contributed by atoms with Crippen LogP contribution in [0.25, 0.3) is 6.08 Å². The number of carbonyl (C=O) groups is 1. The smallest absolute Gasteiger partial charge is 0.338 e. The molecule has 9 heteroatoms. The fraction of sp³-hybridized carbons (Fsp3) is 0.321. The van der Waals surface area contributed by atoms with Crippen LogP contribution >= 0.6 is 27.3 Å². The molecule has 0 amide bonds. The molecule has 0 radical (unpaired) electrons. The second-order valence-electron chi connectivity index (χ2n) is 8.63. The molecule has 1 aliphatic heterocycles. The highest BCUT2D eigenvalue weighted by Crippen LogP contribution is 2.38. The number of fused-ring (bicyclic) bond motifs is 1. The summed E-state index contributed by atoms with van der Waals surface area (Å²) in [5.74, 6) is 0.720. The zero-order valence-corrected chi connectivity index (χ0v) is 23.8. The highest BCUT2D eigenvalue weighted by Gasteiger charge is 2.33. The van der Waals surface area contributed by atoms with E-state index in [1.807, 2.05) is 76.2 Å². The van der Waals surface area contributed by atoms with Crippen molar-refractivity contribution < 1.29 is 19.0 Å². The topological polar surface area (TPSA) is 79.1 Å². The number of hydrogen-bond donors (Lipinski definition) is 0. The average Bonchev–Trinajstić information content (AvgIpc) is 3.19. The maximum Gasteiger partial charge on any atom is 0.338 e. The number of esters is 1. The summed E-state index contributed by atoms with van der Waals surface area (Å²) in [6.45, 7) is 8.22. The molecule has 0 fully saturated rings. The molecule has 1 aliphatic rings. The van der Waals surface area contributed by atoms with Crippen LogP contribution < -0.4 is 24.4 Å². The van der Waals surface area contributed by atoms with Gasteiger partial charge in [0.2, 0.25) is 0 Å². The number of carbonyl (C=O) groups excluding carboxylic acids is 1. The normalized spacial score (nSPS) is 15.4. The Labute approximate surface area is 227 Å². The number of allylic oxidation sites excluding steroid dienone is 1. The Kier molecular flexibility index (Phi) is 8.34. The lowest BCUT2D eigenvalue weighted by atomic mass is 9.95. The van der Waals surface area contributed by atoms with Crippen molar-refractivity contribution in [1.82, 2.24) is 4.57 Å². The molecule has 4 rings (SSSR count). The van der Waals surface area contributed by atoms with E-state index in [2.05, 4.69) is 15.9 Å². The van der Waals surface area contributed by atoms with Gasteiger partial charge < -0.3 is 14.2 Å². The molecule has 2 aromatic carbocycles. The first-order valence-electron chi connectivity index (χ1n) is 12.1. The third-order valence-corrected chi connectivity index (χ3v) is 7.32.